The van der Waals surface area contributed by atoms with Crippen molar-refractivity contribution in [2.24, 2.45) is 0 Å². The van der Waals surface area contributed by atoms with Crippen molar-refractivity contribution in [2.45, 2.75) is 17.7 Å². The number of para-hydroxylation sites is 1. The first kappa shape index (κ1) is 16.4. The molecule has 0 atom stereocenters. The summed E-state index contributed by atoms with van der Waals surface area (Å²) in [5.41, 5.74) is 5.04. The van der Waals surface area contributed by atoms with Crippen LogP contribution in [0.15, 0.2) is 23.1 Å². The highest BCUT2D eigenvalue weighted by molar-refractivity contribution is 7.89. The monoisotopic (exact) mass is 304 g/mol. The lowest BCUT2D eigenvalue weighted by Gasteiger charge is -2.18. The van der Waals surface area contributed by atoms with Crippen LogP contribution in [0.25, 0.3) is 0 Å². The third-order valence-corrected chi connectivity index (χ3v) is 4.70. The summed E-state index contributed by atoms with van der Waals surface area (Å²) < 4.78 is 43.2. The number of hydrogen-bond acceptors (Lipinski definition) is 5. The molecule has 0 unspecified atom stereocenters. The number of carbonyl (C=O) groups excluding carboxylic acids is 1. The van der Waals surface area contributed by atoms with Crippen molar-refractivity contribution in [1.29, 1.82) is 0 Å². The van der Waals surface area contributed by atoms with Crippen molar-refractivity contribution in [2.75, 3.05) is 26.4 Å². The molecular formula is C12H17FN2O4S. The van der Waals surface area contributed by atoms with Crippen LogP contribution in [0.3, 0.4) is 0 Å². The Morgan fingerprint density at radius 1 is 1.45 bits per heavy atom. The van der Waals surface area contributed by atoms with Gasteiger partial charge < -0.3 is 10.5 Å². The Labute approximate surface area is 117 Å². The van der Waals surface area contributed by atoms with Crippen LogP contribution in [0.5, 0.6) is 0 Å². The molecule has 2 N–H and O–H groups in total. The molecule has 8 heteroatoms. The van der Waals surface area contributed by atoms with E-state index in [-0.39, 0.29) is 17.9 Å². The minimum Gasteiger partial charge on any atom is -0.469 e. The lowest BCUT2D eigenvalue weighted by molar-refractivity contribution is -0.140. The first-order valence-corrected chi connectivity index (χ1v) is 7.32. The summed E-state index contributed by atoms with van der Waals surface area (Å²) in [6, 6.07) is 3.61. The Bertz CT molecular complexity index is 589. The maximum atomic E-state index is 13.3. The molecule has 0 radical (unpaired) electrons. The van der Waals surface area contributed by atoms with Crippen LogP contribution in [0, 0.1) is 5.82 Å². The van der Waals surface area contributed by atoms with E-state index in [2.05, 4.69) is 4.74 Å². The molecule has 0 saturated heterocycles. The quantitative estimate of drug-likeness (QED) is 0.625. The number of nitrogen functional groups attached to an aromatic ring is 1. The van der Waals surface area contributed by atoms with Crippen LogP contribution in [-0.4, -0.2) is 39.4 Å². The zero-order chi connectivity index (χ0) is 15.3. The van der Waals surface area contributed by atoms with Crippen LogP contribution in [-0.2, 0) is 19.6 Å². The van der Waals surface area contributed by atoms with Gasteiger partial charge in [-0.25, -0.2) is 17.1 Å². The van der Waals surface area contributed by atoms with E-state index in [1.54, 1.807) is 0 Å². The second kappa shape index (κ2) is 6.67. The highest BCUT2D eigenvalue weighted by Crippen LogP contribution is 2.23. The van der Waals surface area contributed by atoms with Gasteiger partial charge >= 0.3 is 5.97 Å². The third kappa shape index (κ3) is 3.67. The van der Waals surface area contributed by atoms with E-state index in [0.29, 0.717) is 6.42 Å². The van der Waals surface area contributed by atoms with Crippen LogP contribution < -0.4 is 5.73 Å². The smallest absolute Gasteiger partial charge is 0.305 e. The standard InChI is InChI=1S/C12H17FN2O4S/c1-15(8-4-7-11(16)19-2)20(17,18)10-6-3-5-9(13)12(10)14/h3,5-6H,4,7-8,14H2,1-2H3. The number of sulfonamides is 1. The van der Waals surface area contributed by atoms with Gasteiger partial charge in [-0.05, 0) is 18.6 Å². The predicted octanol–water partition coefficient (Wildman–Crippen LogP) is 0.982. The molecule has 0 heterocycles. The number of anilines is 1. The van der Waals surface area contributed by atoms with E-state index in [1.807, 2.05) is 0 Å². The SMILES string of the molecule is COC(=O)CCCN(C)S(=O)(=O)c1cccc(F)c1N. The van der Waals surface area contributed by atoms with Crippen LogP contribution in [0.2, 0.25) is 0 Å². The number of carbonyl (C=O) groups is 1. The maximum absolute atomic E-state index is 13.3. The molecule has 0 aliphatic carbocycles. The fraction of sp³-hybridized carbons (Fsp3) is 0.417. The topological polar surface area (TPSA) is 89.7 Å². The molecule has 1 aromatic rings. The van der Waals surface area contributed by atoms with Crippen molar-refractivity contribution in [3.05, 3.63) is 24.0 Å². The maximum Gasteiger partial charge on any atom is 0.305 e. The van der Waals surface area contributed by atoms with E-state index in [9.17, 15) is 17.6 Å². The number of esters is 1. The van der Waals surface area contributed by atoms with E-state index in [1.165, 1.54) is 26.3 Å². The van der Waals surface area contributed by atoms with Crippen molar-refractivity contribution in [1.82, 2.24) is 4.31 Å². The molecule has 0 aromatic heterocycles. The minimum atomic E-state index is -3.88. The Morgan fingerprint density at radius 2 is 2.10 bits per heavy atom. The second-order valence-electron chi connectivity index (χ2n) is 4.16. The highest BCUT2D eigenvalue weighted by atomic mass is 32.2. The van der Waals surface area contributed by atoms with Crippen molar-refractivity contribution < 1.29 is 22.3 Å². The number of nitrogens with zero attached hydrogens (tertiary/aromatic N) is 1. The fourth-order valence-corrected chi connectivity index (χ4v) is 2.91. The molecule has 0 amide bonds. The summed E-state index contributed by atoms with van der Waals surface area (Å²) in [4.78, 5) is 10.7. The van der Waals surface area contributed by atoms with E-state index in [0.717, 1.165) is 10.4 Å². The molecule has 112 valence electrons. The predicted molar refractivity (Wildman–Crippen MR) is 71.9 cm³/mol. The Hall–Kier alpha value is -1.67. The van der Waals surface area contributed by atoms with Gasteiger partial charge in [0.1, 0.15) is 10.7 Å². The minimum absolute atomic E-state index is 0.105. The van der Waals surface area contributed by atoms with Gasteiger partial charge in [0.2, 0.25) is 10.0 Å². The summed E-state index contributed by atoms with van der Waals surface area (Å²) in [5, 5.41) is 0. The molecule has 0 saturated carbocycles. The normalized spacial score (nSPS) is 11.6. The molecule has 0 fully saturated rings. The van der Waals surface area contributed by atoms with E-state index in [4.69, 9.17) is 5.73 Å². The number of benzene rings is 1. The molecule has 1 aromatic carbocycles. The average Bonchev–Trinajstić information content (AvgIpc) is 2.41. The first-order valence-electron chi connectivity index (χ1n) is 5.88. The van der Waals surface area contributed by atoms with Gasteiger partial charge in [-0.2, -0.15) is 0 Å². The third-order valence-electron chi connectivity index (χ3n) is 2.78. The Balaban J connectivity index is 2.83. The fourth-order valence-electron chi connectivity index (χ4n) is 1.58. The summed E-state index contributed by atoms with van der Waals surface area (Å²) >= 11 is 0. The van der Waals surface area contributed by atoms with Crippen LogP contribution in [0.4, 0.5) is 10.1 Å². The van der Waals surface area contributed by atoms with Crippen molar-refractivity contribution in [3.63, 3.8) is 0 Å². The molecular weight excluding hydrogens is 287 g/mol. The van der Waals surface area contributed by atoms with Gasteiger partial charge in [-0.15, -0.1) is 0 Å². The lowest BCUT2D eigenvalue weighted by Crippen LogP contribution is -2.29. The van der Waals surface area contributed by atoms with Gasteiger partial charge in [-0.3, -0.25) is 4.79 Å². The number of nitrogens with two attached hydrogens (primary N) is 1. The Kier molecular flexibility index (Phi) is 5.46. The zero-order valence-electron chi connectivity index (χ0n) is 11.3. The van der Waals surface area contributed by atoms with E-state index < -0.39 is 27.5 Å². The molecule has 0 bridgehead atoms. The van der Waals surface area contributed by atoms with E-state index >= 15 is 0 Å². The number of ether oxygens (including phenoxy) is 1. The summed E-state index contributed by atoms with van der Waals surface area (Å²) in [5.74, 6) is -1.20. The summed E-state index contributed by atoms with van der Waals surface area (Å²) in [6.45, 7) is 0.105. The van der Waals surface area contributed by atoms with Crippen molar-refractivity contribution in [3.8, 4) is 0 Å². The van der Waals surface area contributed by atoms with Gasteiger partial charge in [0.15, 0.2) is 0 Å². The van der Waals surface area contributed by atoms with Crippen LogP contribution >= 0.6 is 0 Å². The molecule has 20 heavy (non-hydrogen) atoms. The van der Waals surface area contributed by atoms with Gasteiger partial charge in [-0.1, -0.05) is 6.07 Å². The molecule has 6 nitrogen and oxygen atoms in total. The number of hydrogen-bond donors (Lipinski definition) is 1. The Morgan fingerprint density at radius 3 is 2.70 bits per heavy atom. The first-order chi connectivity index (χ1) is 9.30. The number of halogens is 1. The van der Waals surface area contributed by atoms with Gasteiger partial charge in [0, 0.05) is 20.0 Å². The molecule has 1 rings (SSSR count). The molecule has 0 aliphatic rings. The summed E-state index contributed by atoms with van der Waals surface area (Å²) in [6.07, 6.45) is 0.409. The van der Waals surface area contributed by atoms with Gasteiger partial charge in [0.25, 0.3) is 0 Å². The average molecular weight is 304 g/mol. The second-order valence-corrected chi connectivity index (χ2v) is 6.17. The highest BCUT2D eigenvalue weighted by Gasteiger charge is 2.24. The number of rotatable bonds is 6. The zero-order valence-corrected chi connectivity index (χ0v) is 12.1. The molecule has 0 aliphatic heterocycles. The number of methoxy groups -OCH3 is 1. The van der Waals surface area contributed by atoms with Crippen molar-refractivity contribution >= 4 is 21.7 Å². The van der Waals surface area contributed by atoms with Gasteiger partial charge in [0.05, 0.1) is 12.8 Å². The van der Waals surface area contributed by atoms with Crippen LogP contribution in [0.1, 0.15) is 12.8 Å². The lowest BCUT2D eigenvalue weighted by atomic mass is 10.3. The molecule has 0 spiro atoms. The summed E-state index contributed by atoms with van der Waals surface area (Å²) in [7, 11) is -1.28. The largest absolute Gasteiger partial charge is 0.469 e.